The molecule has 0 unspecified atom stereocenters. The number of hydrogen-bond acceptors (Lipinski definition) is 4. The fraction of sp³-hybridized carbons (Fsp3) is 0.350. The van der Waals surface area contributed by atoms with Crippen molar-refractivity contribution in [2.75, 3.05) is 18.4 Å². The average Bonchev–Trinajstić information content (AvgIpc) is 2.64. The van der Waals surface area contributed by atoms with Gasteiger partial charge < -0.3 is 10.1 Å². The van der Waals surface area contributed by atoms with E-state index in [1.807, 2.05) is 13.8 Å². The first-order valence-corrected chi connectivity index (χ1v) is 10.4. The number of sulfonamides is 1. The number of benzene rings is 2. The second-order valence-electron chi connectivity index (χ2n) is 7.04. The topological polar surface area (TPSA) is 75.7 Å². The van der Waals surface area contributed by atoms with Crippen LogP contribution in [0.5, 0.6) is 0 Å². The Morgan fingerprint density at radius 3 is 2.32 bits per heavy atom. The van der Waals surface area contributed by atoms with Gasteiger partial charge in [0.1, 0.15) is 5.82 Å². The molecule has 28 heavy (non-hydrogen) atoms. The normalized spacial score (nSPS) is 20.7. The van der Waals surface area contributed by atoms with Crippen molar-refractivity contribution in [2.24, 2.45) is 0 Å². The minimum absolute atomic E-state index is 0.0815. The molecule has 1 fully saturated rings. The van der Waals surface area contributed by atoms with E-state index >= 15 is 0 Å². The summed E-state index contributed by atoms with van der Waals surface area (Å²) in [4.78, 5) is 12.5. The molecule has 1 N–H and O–H groups in total. The monoisotopic (exact) mass is 406 g/mol. The van der Waals surface area contributed by atoms with Crippen LogP contribution in [0.25, 0.3) is 0 Å². The number of carbonyl (C=O) groups excluding carboxylic acids is 1. The minimum Gasteiger partial charge on any atom is -0.373 e. The zero-order chi connectivity index (χ0) is 20.5. The third-order valence-corrected chi connectivity index (χ3v) is 6.36. The second kappa shape index (κ2) is 7.98. The Hall–Kier alpha value is -2.29. The quantitative estimate of drug-likeness (QED) is 0.846. The lowest BCUT2D eigenvalue weighted by atomic mass is 10.2. The molecule has 2 atom stereocenters. The number of amides is 1. The molecular weight excluding hydrogens is 383 g/mol. The molecule has 1 saturated heterocycles. The van der Waals surface area contributed by atoms with E-state index in [4.69, 9.17) is 4.74 Å². The zero-order valence-corrected chi connectivity index (χ0v) is 16.8. The number of rotatable bonds is 4. The van der Waals surface area contributed by atoms with Gasteiger partial charge in [-0.25, -0.2) is 12.8 Å². The van der Waals surface area contributed by atoms with Crippen molar-refractivity contribution in [3.8, 4) is 0 Å². The van der Waals surface area contributed by atoms with Gasteiger partial charge in [0.05, 0.1) is 22.8 Å². The SMILES string of the molecule is Cc1ccc(F)c(NC(=O)c2ccc(S(=O)(=O)N3C[C@H](C)O[C@@H](C)C3)cc2)c1. The van der Waals surface area contributed by atoms with Gasteiger partial charge >= 0.3 is 0 Å². The predicted octanol–water partition coefficient (Wildman–Crippen LogP) is 3.18. The summed E-state index contributed by atoms with van der Waals surface area (Å²) in [6.45, 7) is 6.01. The minimum atomic E-state index is -3.68. The van der Waals surface area contributed by atoms with Crippen molar-refractivity contribution in [3.63, 3.8) is 0 Å². The summed E-state index contributed by atoms with van der Waals surface area (Å²) in [6.07, 6.45) is -0.374. The number of morpholine rings is 1. The molecule has 2 aromatic carbocycles. The molecule has 0 radical (unpaired) electrons. The number of hydrogen-bond donors (Lipinski definition) is 1. The van der Waals surface area contributed by atoms with Gasteiger partial charge in [0.15, 0.2) is 0 Å². The molecule has 0 aliphatic carbocycles. The maximum absolute atomic E-state index is 13.8. The summed E-state index contributed by atoms with van der Waals surface area (Å²) in [5, 5.41) is 2.51. The number of nitrogens with one attached hydrogen (secondary N) is 1. The number of anilines is 1. The molecule has 0 aromatic heterocycles. The van der Waals surface area contributed by atoms with Gasteiger partial charge in [-0.2, -0.15) is 4.31 Å². The molecule has 150 valence electrons. The number of halogens is 1. The van der Waals surface area contributed by atoms with Crippen LogP contribution in [0.3, 0.4) is 0 Å². The van der Waals surface area contributed by atoms with Crippen molar-refractivity contribution >= 4 is 21.6 Å². The largest absolute Gasteiger partial charge is 0.373 e. The van der Waals surface area contributed by atoms with Crippen molar-refractivity contribution in [3.05, 3.63) is 59.4 Å². The van der Waals surface area contributed by atoms with E-state index in [0.29, 0.717) is 0 Å². The number of ether oxygens (including phenoxy) is 1. The van der Waals surface area contributed by atoms with Gasteiger partial charge in [0, 0.05) is 18.7 Å². The van der Waals surface area contributed by atoms with E-state index in [9.17, 15) is 17.6 Å². The zero-order valence-electron chi connectivity index (χ0n) is 16.0. The fourth-order valence-electron chi connectivity index (χ4n) is 3.18. The predicted molar refractivity (Wildman–Crippen MR) is 104 cm³/mol. The lowest BCUT2D eigenvalue weighted by molar-refractivity contribution is -0.0440. The van der Waals surface area contributed by atoms with Gasteiger partial charge in [0.2, 0.25) is 10.0 Å². The molecule has 0 saturated carbocycles. The summed E-state index contributed by atoms with van der Waals surface area (Å²) in [5.74, 6) is -1.05. The van der Waals surface area contributed by atoms with Crippen LogP contribution < -0.4 is 5.32 Å². The fourth-order valence-corrected chi connectivity index (χ4v) is 4.77. The Balaban J connectivity index is 1.77. The van der Waals surface area contributed by atoms with E-state index in [1.165, 1.54) is 40.7 Å². The van der Waals surface area contributed by atoms with Crippen LogP contribution in [0, 0.1) is 12.7 Å². The van der Waals surface area contributed by atoms with Crippen LogP contribution >= 0.6 is 0 Å². The van der Waals surface area contributed by atoms with E-state index < -0.39 is 21.7 Å². The molecule has 8 heteroatoms. The average molecular weight is 406 g/mol. The summed E-state index contributed by atoms with van der Waals surface area (Å²) >= 11 is 0. The second-order valence-corrected chi connectivity index (χ2v) is 8.98. The molecule has 2 aromatic rings. The van der Waals surface area contributed by atoms with Crippen LogP contribution in [-0.2, 0) is 14.8 Å². The summed E-state index contributed by atoms with van der Waals surface area (Å²) in [6, 6.07) is 10.0. The smallest absolute Gasteiger partial charge is 0.255 e. The van der Waals surface area contributed by atoms with Crippen LogP contribution in [0.1, 0.15) is 29.8 Å². The van der Waals surface area contributed by atoms with Gasteiger partial charge in [-0.05, 0) is 62.7 Å². The first-order valence-electron chi connectivity index (χ1n) is 9.00. The summed E-state index contributed by atoms with van der Waals surface area (Å²) in [5.41, 5.74) is 1.13. The molecule has 0 bridgehead atoms. The van der Waals surface area contributed by atoms with Gasteiger partial charge in [-0.3, -0.25) is 4.79 Å². The van der Waals surface area contributed by atoms with Crippen molar-refractivity contribution in [1.82, 2.24) is 4.31 Å². The highest BCUT2D eigenvalue weighted by Crippen LogP contribution is 2.22. The maximum atomic E-state index is 13.8. The maximum Gasteiger partial charge on any atom is 0.255 e. The number of aryl methyl sites for hydroxylation is 1. The third kappa shape index (κ3) is 4.40. The highest BCUT2D eigenvalue weighted by Gasteiger charge is 2.32. The summed E-state index contributed by atoms with van der Waals surface area (Å²) < 4.78 is 46.5. The lowest BCUT2D eigenvalue weighted by Gasteiger charge is -2.34. The molecule has 1 aliphatic rings. The van der Waals surface area contributed by atoms with E-state index in [-0.39, 0.29) is 41.4 Å². The van der Waals surface area contributed by atoms with Crippen LogP contribution in [-0.4, -0.2) is 43.9 Å². The summed E-state index contributed by atoms with van der Waals surface area (Å²) in [7, 11) is -3.68. The standard InChI is InChI=1S/C20H23FN2O4S/c1-13-4-9-18(21)19(10-13)22-20(24)16-5-7-17(8-6-16)28(25,26)23-11-14(2)27-15(3)12-23/h4-10,14-15H,11-12H2,1-3H3,(H,22,24)/t14-,15-/m0/s1. The Bertz CT molecular complexity index is 966. The number of carbonyl (C=O) groups is 1. The van der Waals surface area contributed by atoms with E-state index in [2.05, 4.69) is 5.32 Å². The molecule has 1 amide bonds. The molecular formula is C20H23FN2O4S. The highest BCUT2D eigenvalue weighted by molar-refractivity contribution is 7.89. The third-order valence-electron chi connectivity index (χ3n) is 4.51. The lowest BCUT2D eigenvalue weighted by Crippen LogP contribution is -2.48. The Labute approximate surface area is 164 Å². The van der Waals surface area contributed by atoms with Crippen molar-refractivity contribution < 1.29 is 22.3 Å². The molecule has 0 spiro atoms. The van der Waals surface area contributed by atoms with Crippen LogP contribution in [0.4, 0.5) is 10.1 Å². The van der Waals surface area contributed by atoms with Gasteiger partial charge in [-0.1, -0.05) is 6.07 Å². The Morgan fingerprint density at radius 1 is 1.11 bits per heavy atom. The van der Waals surface area contributed by atoms with E-state index in [0.717, 1.165) is 5.56 Å². The van der Waals surface area contributed by atoms with Crippen LogP contribution in [0.2, 0.25) is 0 Å². The highest BCUT2D eigenvalue weighted by atomic mass is 32.2. The van der Waals surface area contributed by atoms with Gasteiger partial charge in [0.25, 0.3) is 5.91 Å². The Kier molecular flexibility index (Phi) is 5.83. The first kappa shape index (κ1) is 20.4. The molecule has 3 rings (SSSR count). The van der Waals surface area contributed by atoms with Crippen molar-refractivity contribution in [1.29, 1.82) is 0 Å². The Morgan fingerprint density at radius 2 is 1.71 bits per heavy atom. The van der Waals surface area contributed by atoms with Crippen molar-refractivity contribution in [2.45, 2.75) is 37.9 Å². The first-order chi connectivity index (χ1) is 13.2. The number of nitrogens with zero attached hydrogens (tertiary/aromatic N) is 1. The molecule has 1 aliphatic heterocycles. The molecule has 6 nitrogen and oxygen atoms in total. The van der Waals surface area contributed by atoms with Crippen LogP contribution in [0.15, 0.2) is 47.4 Å². The van der Waals surface area contributed by atoms with E-state index in [1.54, 1.807) is 13.0 Å². The molecule has 1 heterocycles. The van der Waals surface area contributed by atoms with Gasteiger partial charge in [-0.15, -0.1) is 0 Å².